The average molecular weight is 270 g/mol. The monoisotopic (exact) mass is 269 g/mol. The van der Waals surface area contributed by atoms with Gasteiger partial charge in [-0.2, -0.15) is 8.78 Å². The molecule has 0 aromatic heterocycles. The van der Waals surface area contributed by atoms with Crippen LogP contribution < -0.4 is 10.5 Å². The SMILES string of the molecule is Nc1cccc(OC(F)(F)C(F)Br)c1. The third-order valence-corrected chi connectivity index (χ3v) is 1.90. The summed E-state index contributed by atoms with van der Waals surface area (Å²) in [4.78, 5) is 0. The molecule has 1 atom stereocenters. The van der Waals surface area contributed by atoms with Crippen molar-refractivity contribution in [2.24, 2.45) is 0 Å². The van der Waals surface area contributed by atoms with Gasteiger partial charge in [0.2, 0.25) is 0 Å². The van der Waals surface area contributed by atoms with Crippen molar-refractivity contribution in [3.05, 3.63) is 24.3 Å². The Hall–Kier alpha value is -0.910. The molecule has 0 amide bonds. The zero-order chi connectivity index (χ0) is 10.8. The van der Waals surface area contributed by atoms with Gasteiger partial charge in [0.15, 0.2) is 0 Å². The third-order valence-electron chi connectivity index (χ3n) is 1.37. The Kier molecular flexibility index (Phi) is 3.25. The van der Waals surface area contributed by atoms with E-state index in [-0.39, 0.29) is 11.4 Å². The Labute approximate surface area is 87.0 Å². The number of ether oxygens (including phenoxy) is 1. The van der Waals surface area contributed by atoms with Gasteiger partial charge in [0.1, 0.15) is 5.75 Å². The molecule has 1 unspecified atom stereocenters. The third kappa shape index (κ3) is 2.80. The zero-order valence-electron chi connectivity index (χ0n) is 6.88. The Bertz CT molecular complexity index is 319. The average Bonchev–Trinajstić information content (AvgIpc) is 2.02. The van der Waals surface area contributed by atoms with E-state index in [1.54, 1.807) is 0 Å². The van der Waals surface area contributed by atoms with Crippen molar-refractivity contribution < 1.29 is 17.9 Å². The predicted octanol–water partition coefficient (Wildman–Crippen LogP) is 2.93. The fraction of sp³-hybridized carbons (Fsp3) is 0.250. The van der Waals surface area contributed by atoms with E-state index < -0.39 is 11.2 Å². The largest absolute Gasteiger partial charge is 0.440 e. The van der Waals surface area contributed by atoms with Gasteiger partial charge in [0, 0.05) is 11.8 Å². The van der Waals surface area contributed by atoms with Gasteiger partial charge in [0.05, 0.1) is 0 Å². The van der Waals surface area contributed by atoms with Crippen LogP contribution in [0.4, 0.5) is 18.9 Å². The lowest BCUT2D eigenvalue weighted by atomic mass is 10.3. The van der Waals surface area contributed by atoms with E-state index in [1.807, 2.05) is 0 Å². The molecule has 0 saturated carbocycles. The highest BCUT2D eigenvalue weighted by molar-refractivity contribution is 9.09. The van der Waals surface area contributed by atoms with E-state index in [0.717, 1.165) is 0 Å². The van der Waals surface area contributed by atoms with Crippen LogP contribution in [-0.4, -0.2) is 11.2 Å². The molecule has 0 bridgehead atoms. The van der Waals surface area contributed by atoms with Crippen LogP contribution in [0.15, 0.2) is 24.3 Å². The minimum atomic E-state index is -3.91. The molecule has 0 spiro atoms. The second-order valence-corrected chi connectivity index (χ2v) is 3.34. The maximum Gasteiger partial charge on any atom is 0.440 e. The van der Waals surface area contributed by atoms with E-state index >= 15 is 0 Å². The molecule has 2 nitrogen and oxygen atoms in total. The topological polar surface area (TPSA) is 35.2 Å². The fourth-order valence-electron chi connectivity index (χ4n) is 0.780. The summed E-state index contributed by atoms with van der Waals surface area (Å²) in [6, 6.07) is 5.39. The Balaban J connectivity index is 2.78. The summed E-state index contributed by atoms with van der Waals surface area (Å²) < 4.78 is 41.7. The minimum Gasteiger partial charge on any atom is -0.430 e. The van der Waals surface area contributed by atoms with Crippen LogP contribution in [-0.2, 0) is 0 Å². The molecule has 0 aliphatic heterocycles. The van der Waals surface area contributed by atoms with Gasteiger partial charge < -0.3 is 10.5 Å². The molecule has 0 radical (unpaired) electrons. The van der Waals surface area contributed by atoms with Crippen molar-refractivity contribution in [3.63, 3.8) is 0 Å². The van der Waals surface area contributed by atoms with Crippen LogP contribution in [0.5, 0.6) is 5.75 Å². The van der Waals surface area contributed by atoms with Gasteiger partial charge in [0.25, 0.3) is 5.08 Å². The second-order valence-electron chi connectivity index (χ2n) is 2.54. The zero-order valence-corrected chi connectivity index (χ0v) is 8.47. The fourth-order valence-corrected chi connectivity index (χ4v) is 0.873. The first-order chi connectivity index (χ1) is 6.42. The van der Waals surface area contributed by atoms with Crippen molar-refractivity contribution in [1.82, 2.24) is 0 Å². The lowest BCUT2D eigenvalue weighted by Crippen LogP contribution is -2.32. The molecule has 0 aliphatic rings. The van der Waals surface area contributed by atoms with Crippen LogP contribution in [0.2, 0.25) is 0 Å². The summed E-state index contributed by atoms with van der Waals surface area (Å²) >= 11 is 2.10. The molecule has 6 heteroatoms. The molecule has 78 valence electrons. The summed E-state index contributed by atoms with van der Waals surface area (Å²) in [5.41, 5.74) is 5.59. The first-order valence-electron chi connectivity index (χ1n) is 3.62. The van der Waals surface area contributed by atoms with Crippen molar-refractivity contribution in [2.45, 2.75) is 11.2 Å². The standard InChI is InChI=1S/C8H7BrF3NO/c9-7(10)8(11,12)14-6-3-1-2-5(13)4-6/h1-4,7H,13H2. The molecule has 0 heterocycles. The Morgan fingerprint density at radius 1 is 1.43 bits per heavy atom. The first-order valence-corrected chi connectivity index (χ1v) is 4.54. The van der Waals surface area contributed by atoms with Gasteiger partial charge in [-0.1, -0.05) is 6.07 Å². The van der Waals surface area contributed by atoms with Gasteiger partial charge in [-0.05, 0) is 28.1 Å². The number of halogens is 4. The van der Waals surface area contributed by atoms with E-state index in [1.165, 1.54) is 24.3 Å². The highest BCUT2D eigenvalue weighted by Crippen LogP contribution is 2.30. The van der Waals surface area contributed by atoms with Gasteiger partial charge in [-0.15, -0.1) is 0 Å². The quantitative estimate of drug-likeness (QED) is 0.677. The molecule has 1 rings (SSSR count). The Morgan fingerprint density at radius 3 is 2.57 bits per heavy atom. The highest BCUT2D eigenvalue weighted by atomic mass is 79.9. The van der Waals surface area contributed by atoms with E-state index in [4.69, 9.17) is 5.73 Å². The predicted molar refractivity (Wildman–Crippen MR) is 50.3 cm³/mol. The number of rotatable bonds is 3. The maximum absolute atomic E-state index is 12.7. The number of anilines is 1. The summed E-state index contributed by atoms with van der Waals surface area (Å²) in [6.07, 6.45) is -3.91. The number of hydrogen-bond acceptors (Lipinski definition) is 2. The van der Waals surface area contributed by atoms with Crippen LogP contribution in [0.25, 0.3) is 0 Å². The van der Waals surface area contributed by atoms with Crippen LogP contribution in [0.3, 0.4) is 0 Å². The number of alkyl halides is 4. The molecule has 1 aromatic carbocycles. The lowest BCUT2D eigenvalue weighted by Gasteiger charge is -2.17. The summed E-state index contributed by atoms with van der Waals surface area (Å²) in [6.45, 7) is 0. The van der Waals surface area contributed by atoms with Gasteiger partial charge in [-0.25, -0.2) is 4.39 Å². The molecular formula is C8H7BrF3NO. The number of benzene rings is 1. The summed E-state index contributed by atoms with van der Waals surface area (Å²) in [5, 5.41) is -2.56. The molecule has 0 aliphatic carbocycles. The molecule has 2 N–H and O–H groups in total. The van der Waals surface area contributed by atoms with Crippen molar-refractivity contribution in [3.8, 4) is 5.75 Å². The minimum absolute atomic E-state index is 0.183. The summed E-state index contributed by atoms with van der Waals surface area (Å²) in [5.74, 6) is -0.183. The summed E-state index contributed by atoms with van der Waals surface area (Å²) in [7, 11) is 0. The molecule has 0 fully saturated rings. The lowest BCUT2D eigenvalue weighted by molar-refractivity contribution is -0.195. The van der Waals surface area contributed by atoms with Crippen molar-refractivity contribution >= 4 is 21.6 Å². The second kappa shape index (κ2) is 4.08. The first kappa shape index (κ1) is 11.2. The smallest absolute Gasteiger partial charge is 0.430 e. The van der Waals surface area contributed by atoms with E-state index in [2.05, 4.69) is 20.7 Å². The van der Waals surface area contributed by atoms with Gasteiger partial charge in [-0.3, -0.25) is 0 Å². The molecule has 1 aromatic rings. The van der Waals surface area contributed by atoms with Crippen LogP contribution >= 0.6 is 15.9 Å². The molecule has 14 heavy (non-hydrogen) atoms. The Morgan fingerprint density at radius 2 is 2.07 bits per heavy atom. The highest BCUT2D eigenvalue weighted by Gasteiger charge is 2.41. The number of nitrogen functional groups attached to an aromatic ring is 1. The van der Waals surface area contributed by atoms with Crippen LogP contribution in [0, 0.1) is 0 Å². The number of nitrogens with two attached hydrogens (primary N) is 1. The molecular weight excluding hydrogens is 263 g/mol. The normalized spacial score (nSPS) is 13.7. The van der Waals surface area contributed by atoms with Gasteiger partial charge >= 0.3 is 6.11 Å². The molecule has 0 saturated heterocycles. The van der Waals surface area contributed by atoms with E-state index in [0.29, 0.717) is 0 Å². The number of hydrogen-bond donors (Lipinski definition) is 1. The maximum atomic E-state index is 12.7. The van der Waals surface area contributed by atoms with Crippen molar-refractivity contribution in [1.29, 1.82) is 0 Å². The van der Waals surface area contributed by atoms with Crippen molar-refractivity contribution in [2.75, 3.05) is 5.73 Å². The van der Waals surface area contributed by atoms with E-state index in [9.17, 15) is 13.2 Å². The van der Waals surface area contributed by atoms with Crippen LogP contribution in [0.1, 0.15) is 0 Å².